The van der Waals surface area contributed by atoms with Crippen LogP contribution in [0.25, 0.3) is 0 Å². The first kappa shape index (κ1) is 13.5. The number of halogens is 1. The van der Waals surface area contributed by atoms with Crippen LogP contribution in [0, 0.1) is 5.82 Å². The van der Waals surface area contributed by atoms with Gasteiger partial charge in [0.2, 0.25) is 0 Å². The van der Waals surface area contributed by atoms with Crippen molar-refractivity contribution in [3.8, 4) is 0 Å². The van der Waals surface area contributed by atoms with Gasteiger partial charge in [-0.05, 0) is 42.3 Å². The lowest BCUT2D eigenvalue weighted by Gasteiger charge is -2.04. The van der Waals surface area contributed by atoms with Crippen molar-refractivity contribution in [3.05, 3.63) is 59.7 Å². The van der Waals surface area contributed by atoms with Crippen LogP contribution in [0.2, 0.25) is 0 Å². The molecule has 1 aromatic heterocycles. The number of hydrogen-bond donors (Lipinski definition) is 1. The first-order chi connectivity index (χ1) is 9.16. The topological polar surface area (TPSA) is 50.2 Å². The Morgan fingerprint density at radius 1 is 1.26 bits per heavy atom. The highest BCUT2D eigenvalue weighted by Gasteiger charge is 2.08. The van der Waals surface area contributed by atoms with Gasteiger partial charge in [-0.3, -0.25) is 4.98 Å². The first-order valence-corrected chi connectivity index (χ1v) is 6.70. The van der Waals surface area contributed by atoms with Crippen molar-refractivity contribution in [2.24, 2.45) is 0 Å². The van der Waals surface area contributed by atoms with Crippen LogP contribution in [0.1, 0.15) is 15.9 Å². The van der Waals surface area contributed by atoms with E-state index in [0.29, 0.717) is 10.6 Å². The molecule has 1 N–H and O–H groups in total. The van der Waals surface area contributed by atoms with Crippen LogP contribution in [0.15, 0.2) is 47.6 Å². The van der Waals surface area contributed by atoms with Crippen molar-refractivity contribution in [1.29, 1.82) is 0 Å². The van der Waals surface area contributed by atoms with Crippen LogP contribution in [0.5, 0.6) is 0 Å². The lowest BCUT2D eigenvalue weighted by molar-refractivity contribution is 0.0696. The maximum Gasteiger partial charge on any atom is 0.335 e. The number of thioether (sulfide) groups is 1. The van der Waals surface area contributed by atoms with E-state index in [9.17, 15) is 9.18 Å². The summed E-state index contributed by atoms with van der Waals surface area (Å²) in [6.45, 7) is 0. The number of aryl methyl sites for hydroxylation is 1. The lowest BCUT2D eigenvalue weighted by atomic mass is 10.2. The van der Waals surface area contributed by atoms with E-state index in [1.54, 1.807) is 12.4 Å². The Hall–Kier alpha value is -1.88. The third-order valence-electron chi connectivity index (χ3n) is 2.58. The molecule has 0 amide bonds. The average Bonchev–Trinajstić information content (AvgIpc) is 2.42. The minimum Gasteiger partial charge on any atom is -0.478 e. The molecule has 2 aromatic rings. The number of hydrogen-bond acceptors (Lipinski definition) is 3. The van der Waals surface area contributed by atoms with Crippen molar-refractivity contribution in [2.75, 3.05) is 5.75 Å². The fraction of sp³-hybridized carbons (Fsp3) is 0.143. The number of carboxylic acids is 1. The second-order valence-electron chi connectivity index (χ2n) is 3.90. The van der Waals surface area contributed by atoms with Crippen molar-refractivity contribution in [2.45, 2.75) is 11.3 Å². The van der Waals surface area contributed by atoms with E-state index in [2.05, 4.69) is 4.98 Å². The first-order valence-electron chi connectivity index (χ1n) is 5.71. The molecule has 0 aliphatic carbocycles. The van der Waals surface area contributed by atoms with Gasteiger partial charge in [0.15, 0.2) is 0 Å². The zero-order valence-corrected chi connectivity index (χ0v) is 10.9. The molecule has 0 fully saturated rings. The number of carboxylic acid groups (broad SMARTS) is 1. The second kappa shape index (κ2) is 6.33. The molecular weight excluding hydrogens is 265 g/mol. The molecule has 0 unspecified atom stereocenters. The van der Waals surface area contributed by atoms with E-state index in [1.165, 1.54) is 30.0 Å². The summed E-state index contributed by atoms with van der Waals surface area (Å²) in [5, 5.41) is 8.86. The van der Waals surface area contributed by atoms with Gasteiger partial charge in [-0.15, -0.1) is 11.8 Å². The minimum absolute atomic E-state index is 0.104. The molecule has 0 bridgehead atoms. The summed E-state index contributed by atoms with van der Waals surface area (Å²) >= 11 is 1.31. The molecular formula is C14H12FNO2S. The predicted molar refractivity (Wildman–Crippen MR) is 72.0 cm³/mol. The van der Waals surface area contributed by atoms with Gasteiger partial charge in [-0.1, -0.05) is 0 Å². The van der Waals surface area contributed by atoms with Gasteiger partial charge in [0, 0.05) is 23.0 Å². The molecule has 0 aliphatic heterocycles. The summed E-state index contributed by atoms with van der Waals surface area (Å²) in [4.78, 5) is 15.1. The number of benzene rings is 1. The molecule has 0 saturated heterocycles. The normalized spacial score (nSPS) is 10.4. The van der Waals surface area contributed by atoms with Crippen LogP contribution in [-0.2, 0) is 6.42 Å². The van der Waals surface area contributed by atoms with E-state index < -0.39 is 5.97 Å². The maximum absolute atomic E-state index is 13.5. The zero-order chi connectivity index (χ0) is 13.7. The average molecular weight is 277 g/mol. The number of nitrogens with zero attached hydrogens (tertiary/aromatic N) is 1. The van der Waals surface area contributed by atoms with E-state index in [1.807, 2.05) is 12.1 Å². The molecule has 1 aromatic carbocycles. The lowest BCUT2D eigenvalue weighted by Crippen LogP contribution is -1.97. The van der Waals surface area contributed by atoms with Crippen LogP contribution in [-0.4, -0.2) is 21.8 Å². The van der Waals surface area contributed by atoms with Gasteiger partial charge in [0.25, 0.3) is 0 Å². The van der Waals surface area contributed by atoms with Crippen molar-refractivity contribution in [1.82, 2.24) is 4.98 Å². The molecule has 3 nitrogen and oxygen atoms in total. The van der Waals surface area contributed by atoms with E-state index in [4.69, 9.17) is 5.11 Å². The molecule has 19 heavy (non-hydrogen) atoms. The van der Waals surface area contributed by atoms with Crippen LogP contribution in [0.3, 0.4) is 0 Å². The predicted octanol–water partition coefficient (Wildman–Crippen LogP) is 3.25. The second-order valence-corrected chi connectivity index (χ2v) is 5.04. The molecule has 0 spiro atoms. The standard InChI is InChI=1S/C14H12FNO2S/c15-12-2-1-11(14(17)18)9-13(12)19-8-5-10-3-6-16-7-4-10/h1-4,6-7,9H,5,8H2,(H,17,18). The highest BCUT2D eigenvalue weighted by molar-refractivity contribution is 7.99. The molecule has 0 atom stereocenters. The quantitative estimate of drug-likeness (QED) is 0.852. The monoisotopic (exact) mass is 277 g/mol. The molecule has 98 valence electrons. The summed E-state index contributed by atoms with van der Waals surface area (Å²) in [6, 6.07) is 7.65. The largest absolute Gasteiger partial charge is 0.478 e. The number of pyridine rings is 1. The molecule has 2 rings (SSSR count). The minimum atomic E-state index is -1.05. The zero-order valence-electron chi connectivity index (χ0n) is 10.0. The summed E-state index contributed by atoms with van der Waals surface area (Å²) < 4.78 is 13.5. The van der Waals surface area contributed by atoms with Gasteiger partial charge >= 0.3 is 5.97 Å². The summed E-state index contributed by atoms with van der Waals surface area (Å²) in [5.41, 5.74) is 1.23. The third-order valence-corrected chi connectivity index (χ3v) is 3.61. The third kappa shape index (κ3) is 3.79. The summed E-state index contributed by atoms with van der Waals surface area (Å²) in [6.07, 6.45) is 4.21. The highest BCUT2D eigenvalue weighted by atomic mass is 32.2. The van der Waals surface area contributed by atoms with Gasteiger partial charge in [0.05, 0.1) is 5.56 Å². The number of rotatable bonds is 5. The Morgan fingerprint density at radius 3 is 2.68 bits per heavy atom. The van der Waals surface area contributed by atoms with Gasteiger partial charge in [0.1, 0.15) is 5.82 Å². The summed E-state index contributed by atoms with van der Waals surface area (Å²) in [5.74, 6) is -0.745. The molecule has 5 heteroatoms. The Kier molecular flexibility index (Phi) is 4.52. The Morgan fingerprint density at radius 2 is 2.00 bits per heavy atom. The highest BCUT2D eigenvalue weighted by Crippen LogP contribution is 2.24. The Labute approximate surface area is 114 Å². The van der Waals surface area contributed by atoms with Crippen molar-refractivity contribution < 1.29 is 14.3 Å². The fourth-order valence-electron chi connectivity index (χ4n) is 1.58. The SMILES string of the molecule is O=C(O)c1ccc(F)c(SCCc2ccncc2)c1. The van der Waals surface area contributed by atoms with Crippen molar-refractivity contribution in [3.63, 3.8) is 0 Å². The Balaban J connectivity index is 1.99. The fourth-order valence-corrected chi connectivity index (χ4v) is 2.55. The maximum atomic E-state index is 13.5. The number of aromatic carboxylic acids is 1. The van der Waals surface area contributed by atoms with E-state index >= 15 is 0 Å². The summed E-state index contributed by atoms with van der Waals surface area (Å²) in [7, 11) is 0. The molecule has 0 radical (unpaired) electrons. The van der Waals surface area contributed by atoms with Crippen LogP contribution in [0.4, 0.5) is 4.39 Å². The molecule has 1 heterocycles. The molecule has 0 saturated carbocycles. The Bertz CT molecular complexity index is 575. The number of carbonyl (C=O) groups is 1. The van der Waals surface area contributed by atoms with E-state index in [-0.39, 0.29) is 11.4 Å². The van der Waals surface area contributed by atoms with Gasteiger partial charge in [-0.2, -0.15) is 0 Å². The van der Waals surface area contributed by atoms with Crippen molar-refractivity contribution >= 4 is 17.7 Å². The van der Waals surface area contributed by atoms with Crippen LogP contribution < -0.4 is 0 Å². The van der Waals surface area contributed by atoms with Gasteiger partial charge in [-0.25, -0.2) is 9.18 Å². The number of aromatic nitrogens is 1. The van der Waals surface area contributed by atoms with E-state index in [0.717, 1.165) is 12.0 Å². The van der Waals surface area contributed by atoms with Gasteiger partial charge < -0.3 is 5.11 Å². The van der Waals surface area contributed by atoms with Crippen LogP contribution >= 0.6 is 11.8 Å². The molecule has 0 aliphatic rings. The smallest absolute Gasteiger partial charge is 0.335 e.